The highest BCUT2D eigenvalue weighted by atomic mass is 16.5. The Morgan fingerprint density at radius 2 is 2.12 bits per heavy atom. The van der Waals surface area contributed by atoms with E-state index in [4.69, 9.17) is 10.5 Å². The van der Waals surface area contributed by atoms with Crippen molar-refractivity contribution in [3.8, 4) is 5.75 Å². The van der Waals surface area contributed by atoms with Gasteiger partial charge >= 0.3 is 0 Å². The van der Waals surface area contributed by atoms with Crippen LogP contribution in [0.4, 0.5) is 0 Å². The van der Waals surface area contributed by atoms with Crippen LogP contribution in [-0.4, -0.2) is 33.9 Å². The number of rotatable bonds is 6. The first-order chi connectivity index (χ1) is 12.6. The molecule has 2 amide bonds. The molecule has 0 spiro atoms. The number of fused-ring (bicyclic) bond motifs is 1. The Kier molecular flexibility index (Phi) is 5.46. The van der Waals surface area contributed by atoms with E-state index in [0.29, 0.717) is 25.0 Å². The van der Waals surface area contributed by atoms with E-state index in [1.807, 2.05) is 37.3 Å². The molecule has 7 heteroatoms. The van der Waals surface area contributed by atoms with Gasteiger partial charge in [0.15, 0.2) is 6.10 Å². The number of carbonyl (C=O) groups is 2. The van der Waals surface area contributed by atoms with Gasteiger partial charge in [0.2, 0.25) is 5.82 Å². The molecule has 1 aliphatic rings. The Bertz CT molecular complexity index is 795. The van der Waals surface area contributed by atoms with Crippen molar-refractivity contribution in [3.63, 3.8) is 0 Å². The predicted molar refractivity (Wildman–Crippen MR) is 95.7 cm³/mol. The van der Waals surface area contributed by atoms with E-state index in [9.17, 15) is 9.59 Å². The van der Waals surface area contributed by atoms with E-state index < -0.39 is 12.0 Å². The number of benzene rings is 1. The summed E-state index contributed by atoms with van der Waals surface area (Å²) in [6.07, 6.45) is 3.71. The number of aryl methyl sites for hydroxylation is 1. The van der Waals surface area contributed by atoms with E-state index in [1.165, 1.54) is 0 Å². The Morgan fingerprint density at radius 3 is 2.81 bits per heavy atom. The Hall–Kier alpha value is -2.96. The van der Waals surface area contributed by atoms with Crippen LogP contribution in [0.15, 0.2) is 36.5 Å². The number of carbonyl (C=O) groups excluding carboxylic acids is 2. The summed E-state index contributed by atoms with van der Waals surface area (Å²) < 4.78 is 5.79. The van der Waals surface area contributed by atoms with E-state index >= 15 is 0 Å². The molecule has 136 valence electrons. The van der Waals surface area contributed by atoms with Crippen LogP contribution < -0.4 is 15.8 Å². The standard InChI is InChI=1S/C19H22N4O3/c1-2-16(26-14-6-4-3-5-7-14)19(25)22-13-8-9-15-12(10-13)11-21-18(23-15)17(20)24/h3-7,11,13,16H,2,8-10H2,1H3,(H2,20,24)(H,22,25). The first kappa shape index (κ1) is 17.8. The maximum Gasteiger partial charge on any atom is 0.286 e. The smallest absolute Gasteiger partial charge is 0.286 e. The molecule has 0 aliphatic heterocycles. The monoisotopic (exact) mass is 354 g/mol. The van der Waals surface area contributed by atoms with E-state index in [-0.39, 0.29) is 17.8 Å². The summed E-state index contributed by atoms with van der Waals surface area (Å²) in [6.45, 7) is 1.92. The lowest BCUT2D eigenvalue weighted by Gasteiger charge is -2.26. The molecule has 26 heavy (non-hydrogen) atoms. The van der Waals surface area contributed by atoms with E-state index in [1.54, 1.807) is 6.20 Å². The minimum absolute atomic E-state index is 0.00792. The highest BCUT2D eigenvalue weighted by molar-refractivity contribution is 5.88. The second-order valence-corrected chi connectivity index (χ2v) is 6.31. The third-order valence-corrected chi connectivity index (χ3v) is 4.40. The number of nitrogens with zero attached hydrogens (tertiary/aromatic N) is 2. The van der Waals surface area contributed by atoms with Crippen LogP contribution in [0, 0.1) is 0 Å². The van der Waals surface area contributed by atoms with Gasteiger partial charge in [-0.1, -0.05) is 25.1 Å². The fraction of sp³-hybridized carbons (Fsp3) is 0.368. The van der Waals surface area contributed by atoms with Gasteiger partial charge in [0.1, 0.15) is 5.75 Å². The van der Waals surface area contributed by atoms with Gasteiger partial charge in [-0.05, 0) is 43.4 Å². The van der Waals surface area contributed by atoms with Crippen molar-refractivity contribution in [1.82, 2.24) is 15.3 Å². The van der Waals surface area contributed by atoms with Crippen LogP contribution >= 0.6 is 0 Å². The molecule has 0 radical (unpaired) electrons. The van der Waals surface area contributed by atoms with Gasteiger partial charge in [0, 0.05) is 17.9 Å². The molecule has 1 aliphatic carbocycles. The molecule has 1 heterocycles. The number of primary amides is 1. The van der Waals surface area contributed by atoms with Crippen molar-refractivity contribution in [1.29, 1.82) is 0 Å². The normalized spacial score (nSPS) is 17.0. The summed E-state index contributed by atoms with van der Waals surface area (Å²) in [5.74, 6) is -0.0454. The zero-order valence-corrected chi connectivity index (χ0v) is 14.6. The third-order valence-electron chi connectivity index (χ3n) is 4.40. The first-order valence-electron chi connectivity index (χ1n) is 8.73. The minimum Gasteiger partial charge on any atom is -0.481 e. The molecule has 2 aromatic rings. The van der Waals surface area contributed by atoms with E-state index in [0.717, 1.165) is 17.7 Å². The molecule has 1 aromatic heterocycles. The lowest BCUT2D eigenvalue weighted by atomic mass is 9.92. The van der Waals surface area contributed by atoms with Crippen LogP contribution in [0.2, 0.25) is 0 Å². The Labute approximate surface area is 152 Å². The lowest BCUT2D eigenvalue weighted by molar-refractivity contribution is -0.128. The maximum atomic E-state index is 12.6. The second kappa shape index (κ2) is 7.95. The van der Waals surface area contributed by atoms with Gasteiger partial charge in [-0.15, -0.1) is 0 Å². The molecule has 0 saturated carbocycles. The second-order valence-electron chi connectivity index (χ2n) is 6.31. The van der Waals surface area contributed by atoms with Crippen molar-refractivity contribution in [2.45, 2.75) is 44.8 Å². The quantitative estimate of drug-likeness (QED) is 0.815. The molecule has 3 rings (SSSR count). The van der Waals surface area contributed by atoms with Crippen molar-refractivity contribution in [2.24, 2.45) is 5.73 Å². The summed E-state index contributed by atoms with van der Waals surface area (Å²) in [7, 11) is 0. The first-order valence-corrected chi connectivity index (χ1v) is 8.73. The minimum atomic E-state index is -0.632. The molecular formula is C19H22N4O3. The SMILES string of the molecule is CCC(Oc1ccccc1)C(=O)NC1CCc2nc(C(N)=O)ncc2C1. The van der Waals surface area contributed by atoms with Crippen LogP contribution in [0.3, 0.4) is 0 Å². The molecule has 2 unspecified atom stereocenters. The lowest BCUT2D eigenvalue weighted by Crippen LogP contribution is -2.45. The van der Waals surface area contributed by atoms with Crippen LogP contribution in [0.25, 0.3) is 0 Å². The van der Waals surface area contributed by atoms with Crippen molar-refractivity contribution < 1.29 is 14.3 Å². The number of ether oxygens (including phenoxy) is 1. The molecule has 1 aromatic carbocycles. The van der Waals surface area contributed by atoms with Crippen molar-refractivity contribution in [2.75, 3.05) is 0 Å². The average molecular weight is 354 g/mol. The van der Waals surface area contributed by atoms with Crippen LogP contribution in [0.1, 0.15) is 41.6 Å². The zero-order valence-electron chi connectivity index (χ0n) is 14.6. The van der Waals surface area contributed by atoms with Crippen LogP contribution in [0.5, 0.6) is 5.75 Å². The fourth-order valence-corrected chi connectivity index (χ4v) is 3.03. The Balaban J connectivity index is 1.62. The number of hydrogen-bond acceptors (Lipinski definition) is 5. The van der Waals surface area contributed by atoms with E-state index in [2.05, 4.69) is 15.3 Å². The average Bonchev–Trinajstić information content (AvgIpc) is 2.66. The molecular weight excluding hydrogens is 332 g/mol. The zero-order chi connectivity index (χ0) is 18.5. The summed E-state index contributed by atoms with van der Waals surface area (Å²) >= 11 is 0. The molecule has 3 N–H and O–H groups in total. The summed E-state index contributed by atoms with van der Waals surface area (Å²) in [6, 6.07) is 9.31. The highest BCUT2D eigenvalue weighted by Crippen LogP contribution is 2.20. The fourth-order valence-electron chi connectivity index (χ4n) is 3.03. The summed E-state index contributed by atoms with van der Waals surface area (Å²) in [5.41, 5.74) is 6.98. The number of aromatic nitrogens is 2. The van der Waals surface area contributed by atoms with Gasteiger partial charge in [-0.3, -0.25) is 9.59 Å². The maximum absolute atomic E-state index is 12.6. The molecule has 0 fully saturated rings. The molecule has 7 nitrogen and oxygen atoms in total. The van der Waals surface area contributed by atoms with Crippen LogP contribution in [-0.2, 0) is 17.6 Å². The predicted octanol–water partition coefficient (Wildman–Crippen LogP) is 1.41. The topological polar surface area (TPSA) is 107 Å². The van der Waals surface area contributed by atoms with Crippen molar-refractivity contribution >= 4 is 11.8 Å². The third kappa shape index (κ3) is 4.17. The van der Waals surface area contributed by atoms with Gasteiger partial charge in [0.05, 0.1) is 0 Å². The molecule has 0 bridgehead atoms. The number of para-hydroxylation sites is 1. The van der Waals surface area contributed by atoms with Gasteiger partial charge in [-0.25, -0.2) is 9.97 Å². The van der Waals surface area contributed by atoms with Gasteiger partial charge in [-0.2, -0.15) is 0 Å². The summed E-state index contributed by atoms with van der Waals surface area (Å²) in [4.78, 5) is 32.0. The van der Waals surface area contributed by atoms with Gasteiger partial charge < -0.3 is 15.8 Å². The Morgan fingerprint density at radius 1 is 1.35 bits per heavy atom. The summed E-state index contributed by atoms with van der Waals surface area (Å²) in [5, 5.41) is 3.06. The largest absolute Gasteiger partial charge is 0.481 e. The highest BCUT2D eigenvalue weighted by Gasteiger charge is 2.26. The molecule has 0 saturated heterocycles. The van der Waals surface area contributed by atoms with Crippen molar-refractivity contribution in [3.05, 3.63) is 53.6 Å². The number of nitrogens with two attached hydrogens (primary N) is 1. The number of amides is 2. The molecule has 2 atom stereocenters. The number of nitrogens with one attached hydrogen (secondary N) is 1. The van der Waals surface area contributed by atoms with Gasteiger partial charge in [0.25, 0.3) is 11.8 Å². The number of hydrogen-bond donors (Lipinski definition) is 2.